The van der Waals surface area contributed by atoms with Gasteiger partial charge >= 0.3 is 5.97 Å². The van der Waals surface area contributed by atoms with Crippen molar-refractivity contribution in [3.05, 3.63) is 34.9 Å². The van der Waals surface area contributed by atoms with Gasteiger partial charge in [-0.15, -0.1) is 0 Å². The predicted octanol–water partition coefficient (Wildman–Crippen LogP) is 1.75. The van der Waals surface area contributed by atoms with E-state index in [0.717, 1.165) is 13.1 Å². The summed E-state index contributed by atoms with van der Waals surface area (Å²) in [7, 11) is 4.00. The van der Waals surface area contributed by atoms with Crippen LogP contribution in [0.3, 0.4) is 0 Å². The van der Waals surface area contributed by atoms with E-state index in [-0.39, 0.29) is 6.54 Å². The molecule has 0 fully saturated rings. The molecule has 1 aromatic carbocycles. The van der Waals surface area contributed by atoms with Crippen LogP contribution in [0.2, 0.25) is 0 Å². The highest BCUT2D eigenvalue weighted by Gasteiger charge is 2.13. The van der Waals surface area contributed by atoms with Crippen LogP contribution in [0.5, 0.6) is 0 Å². The number of rotatable bonds is 7. The van der Waals surface area contributed by atoms with Crippen LogP contribution in [0.4, 0.5) is 0 Å². The highest BCUT2D eigenvalue weighted by molar-refractivity contribution is 5.69. The van der Waals surface area contributed by atoms with Gasteiger partial charge in [-0.05, 0) is 44.6 Å². The van der Waals surface area contributed by atoms with Crippen LogP contribution in [0, 0.1) is 13.8 Å². The molecule has 1 aromatic rings. The third kappa shape index (κ3) is 5.41. The van der Waals surface area contributed by atoms with E-state index in [0.29, 0.717) is 6.54 Å². The van der Waals surface area contributed by atoms with E-state index in [9.17, 15) is 4.79 Å². The first-order valence-corrected chi connectivity index (χ1v) is 6.54. The van der Waals surface area contributed by atoms with Crippen molar-refractivity contribution in [2.24, 2.45) is 0 Å². The normalized spacial score (nSPS) is 11.3. The Morgan fingerprint density at radius 1 is 1.16 bits per heavy atom. The lowest BCUT2D eigenvalue weighted by molar-refractivity contribution is -0.138. The lowest BCUT2D eigenvalue weighted by Crippen LogP contribution is -2.35. The number of hydrogen-bond donors (Lipinski definition) is 1. The number of carboxylic acid groups (broad SMARTS) is 1. The summed E-state index contributed by atoms with van der Waals surface area (Å²) in [5.41, 5.74) is 3.68. The summed E-state index contributed by atoms with van der Waals surface area (Å²) in [6.07, 6.45) is 0. The van der Waals surface area contributed by atoms with E-state index in [1.807, 2.05) is 25.1 Å². The molecule has 0 aromatic heterocycles. The third-order valence-corrected chi connectivity index (χ3v) is 3.25. The second-order valence-corrected chi connectivity index (χ2v) is 5.28. The van der Waals surface area contributed by atoms with E-state index in [1.165, 1.54) is 16.7 Å². The lowest BCUT2D eigenvalue weighted by Gasteiger charge is -2.24. The van der Waals surface area contributed by atoms with Gasteiger partial charge in [-0.1, -0.05) is 18.2 Å². The highest BCUT2D eigenvalue weighted by Crippen LogP contribution is 2.15. The summed E-state index contributed by atoms with van der Waals surface area (Å²) in [4.78, 5) is 15.0. The van der Waals surface area contributed by atoms with Gasteiger partial charge in [-0.3, -0.25) is 9.69 Å². The Kier molecular flexibility index (Phi) is 5.99. The zero-order valence-electron chi connectivity index (χ0n) is 12.3. The molecule has 0 saturated carbocycles. The van der Waals surface area contributed by atoms with Crippen molar-refractivity contribution in [1.82, 2.24) is 9.80 Å². The average Bonchev–Trinajstić information content (AvgIpc) is 2.30. The molecule has 0 unspecified atom stereocenters. The molecule has 106 valence electrons. The maximum Gasteiger partial charge on any atom is 0.317 e. The van der Waals surface area contributed by atoms with Crippen molar-refractivity contribution in [3.63, 3.8) is 0 Å². The smallest absolute Gasteiger partial charge is 0.317 e. The number of aliphatic carboxylic acids is 1. The molecule has 0 heterocycles. The first-order valence-electron chi connectivity index (χ1n) is 6.54. The zero-order valence-corrected chi connectivity index (χ0v) is 12.3. The number of aryl methyl sites for hydroxylation is 2. The van der Waals surface area contributed by atoms with Crippen molar-refractivity contribution < 1.29 is 9.90 Å². The minimum absolute atomic E-state index is 0.0849. The Morgan fingerprint density at radius 3 is 2.21 bits per heavy atom. The van der Waals surface area contributed by atoms with Crippen LogP contribution < -0.4 is 0 Å². The standard InChI is InChI=1S/C15H24N2O2/c1-12-6-5-7-13(2)14(12)10-17(11-15(18)19)9-8-16(3)4/h5-7H,8-11H2,1-4H3,(H,18,19). The molecule has 0 bridgehead atoms. The van der Waals surface area contributed by atoms with Crippen LogP contribution in [-0.2, 0) is 11.3 Å². The molecule has 0 aliphatic rings. The fourth-order valence-corrected chi connectivity index (χ4v) is 2.07. The zero-order chi connectivity index (χ0) is 14.4. The molecule has 0 aliphatic heterocycles. The van der Waals surface area contributed by atoms with E-state index in [4.69, 9.17) is 5.11 Å². The number of nitrogens with zero attached hydrogens (tertiary/aromatic N) is 2. The SMILES string of the molecule is Cc1cccc(C)c1CN(CCN(C)C)CC(=O)O. The van der Waals surface area contributed by atoms with E-state index >= 15 is 0 Å². The molecular formula is C15H24N2O2. The molecule has 0 saturated heterocycles. The molecule has 0 atom stereocenters. The fourth-order valence-electron chi connectivity index (χ4n) is 2.07. The Morgan fingerprint density at radius 2 is 1.74 bits per heavy atom. The first-order chi connectivity index (χ1) is 8.90. The maximum atomic E-state index is 11.0. The minimum atomic E-state index is -0.773. The molecule has 1 N–H and O–H groups in total. The van der Waals surface area contributed by atoms with Gasteiger partial charge in [0.25, 0.3) is 0 Å². The number of carboxylic acids is 1. The number of likely N-dealkylation sites (N-methyl/N-ethyl adjacent to an activating group) is 1. The molecule has 0 spiro atoms. The second-order valence-electron chi connectivity index (χ2n) is 5.28. The van der Waals surface area contributed by atoms with Crippen LogP contribution in [0.1, 0.15) is 16.7 Å². The third-order valence-electron chi connectivity index (χ3n) is 3.25. The highest BCUT2D eigenvalue weighted by atomic mass is 16.4. The van der Waals surface area contributed by atoms with Gasteiger partial charge in [0.1, 0.15) is 0 Å². The summed E-state index contributed by atoms with van der Waals surface area (Å²) in [6.45, 7) is 6.55. The van der Waals surface area contributed by atoms with Gasteiger partial charge in [0.15, 0.2) is 0 Å². The van der Waals surface area contributed by atoms with Gasteiger partial charge in [-0.25, -0.2) is 0 Å². The fraction of sp³-hybridized carbons (Fsp3) is 0.533. The summed E-state index contributed by atoms with van der Waals surface area (Å²) >= 11 is 0. The molecule has 0 radical (unpaired) electrons. The maximum absolute atomic E-state index is 11.0. The van der Waals surface area contributed by atoms with Crippen molar-refractivity contribution >= 4 is 5.97 Å². The number of benzene rings is 1. The Labute approximate surface area is 115 Å². The monoisotopic (exact) mass is 264 g/mol. The van der Waals surface area contributed by atoms with Crippen molar-refractivity contribution in [1.29, 1.82) is 0 Å². The first kappa shape index (κ1) is 15.7. The van der Waals surface area contributed by atoms with Gasteiger partial charge in [0, 0.05) is 19.6 Å². The van der Waals surface area contributed by atoms with Crippen LogP contribution in [-0.4, -0.2) is 54.6 Å². The van der Waals surface area contributed by atoms with Crippen molar-refractivity contribution in [2.45, 2.75) is 20.4 Å². The van der Waals surface area contributed by atoms with Crippen molar-refractivity contribution in [3.8, 4) is 0 Å². The van der Waals surface area contributed by atoms with Crippen LogP contribution in [0.15, 0.2) is 18.2 Å². The summed E-state index contributed by atoms with van der Waals surface area (Å²) in [5, 5.41) is 9.01. The Hall–Kier alpha value is -1.39. The van der Waals surface area contributed by atoms with Gasteiger partial charge in [-0.2, -0.15) is 0 Å². The van der Waals surface area contributed by atoms with Gasteiger partial charge in [0.05, 0.1) is 6.54 Å². The topological polar surface area (TPSA) is 43.8 Å². The summed E-state index contributed by atoms with van der Waals surface area (Å²) < 4.78 is 0. The predicted molar refractivity (Wildman–Crippen MR) is 77.4 cm³/mol. The lowest BCUT2D eigenvalue weighted by atomic mass is 10.0. The molecule has 4 heteroatoms. The molecule has 0 aliphatic carbocycles. The van der Waals surface area contributed by atoms with Gasteiger partial charge < -0.3 is 10.0 Å². The Balaban J connectivity index is 2.78. The molecule has 19 heavy (non-hydrogen) atoms. The van der Waals surface area contributed by atoms with Crippen molar-refractivity contribution in [2.75, 3.05) is 33.7 Å². The van der Waals surface area contributed by atoms with Gasteiger partial charge in [0.2, 0.25) is 0 Å². The largest absolute Gasteiger partial charge is 0.480 e. The van der Waals surface area contributed by atoms with E-state index in [2.05, 4.69) is 30.9 Å². The molecule has 1 rings (SSSR count). The summed E-state index contributed by atoms with van der Waals surface area (Å²) in [5.74, 6) is -0.773. The molecule has 0 amide bonds. The Bertz CT molecular complexity index is 410. The summed E-state index contributed by atoms with van der Waals surface area (Å²) in [6, 6.07) is 6.19. The average molecular weight is 264 g/mol. The molecular weight excluding hydrogens is 240 g/mol. The quantitative estimate of drug-likeness (QED) is 0.815. The van der Waals surface area contributed by atoms with E-state index < -0.39 is 5.97 Å². The van der Waals surface area contributed by atoms with Crippen LogP contribution >= 0.6 is 0 Å². The number of carbonyl (C=O) groups is 1. The number of hydrogen-bond acceptors (Lipinski definition) is 3. The van der Waals surface area contributed by atoms with E-state index in [1.54, 1.807) is 0 Å². The second kappa shape index (κ2) is 7.26. The molecule has 4 nitrogen and oxygen atoms in total. The minimum Gasteiger partial charge on any atom is -0.480 e. The van der Waals surface area contributed by atoms with Crippen LogP contribution in [0.25, 0.3) is 0 Å².